The lowest BCUT2D eigenvalue weighted by atomic mass is 10.2. The fourth-order valence-corrected chi connectivity index (χ4v) is 2.81. The van der Waals surface area contributed by atoms with Gasteiger partial charge in [-0.3, -0.25) is 4.68 Å². The summed E-state index contributed by atoms with van der Waals surface area (Å²) in [4.78, 5) is 8.57. The number of fused-ring (bicyclic) bond motifs is 1. The molecule has 0 spiro atoms. The maximum Gasteiger partial charge on any atom is 0.163 e. The van der Waals surface area contributed by atoms with Crippen LogP contribution in [-0.4, -0.2) is 32.9 Å². The van der Waals surface area contributed by atoms with Crippen molar-refractivity contribution in [1.29, 1.82) is 0 Å². The molecule has 0 atom stereocenters. The van der Waals surface area contributed by atoms with E-state index in [1.165, 1.54) is 6.33 Å². The third-order valence-electron chi connectivity index (χ3n) is 3.60. The number of hydrogen-bond donors (Lipinski definition) is 1. The van der Waals surface area contributed by atoms with Gasteiger partial charge in [0.1, 0.15) is 24.5 Å². The van der Waals surface area contributed by atoms with E-state index in [1.807, 2.05) is 39.1 Å². The topological polar surface area (TPSA) is 64.9 Å². The molecule has 23 heavy (non-hydrogen) atoms. The highest BCUT2D eigenvalue weighted by Crippen LogP contribution is 2.28. The van der Waals surface area contributed by atoms with Crippen LogP contribution in [0, 0.1) is 13.8 Å². The van der Waals surface area contributed by atoms with Gasteiger partial charge in [-0.05, 0) is 25.5 Å². The van der Waals surface area contributed by atoms with Crippen LogP contribution < -0.4 is 10.1 Å². The van der Waals surface area contributed by atoms with E-state index in [9.17, 15) is 0 Å². The van der Waals surface area contributed by atoms with Crippen molar-refractivity contribution >= 4 is 28.5 Å². The summed E-state index contributed by atoms with van der Waals surface area (Å²) >= 11 is 6.15. The minimum absolute atomic E-state index is 0.482. The Balaban J connectivity index is 1.68. The van der Waals surface area contributed by atoms with E-state index in [0.717, 1.165) is 33.9 Å². The molecule has 0 aliphatic rings. The van der Waals surface area contributed by atoms with Crippen LogP contribution in [0.2, 0.25) is 5.02 Å². The number of aromatic nitrogens is 4. The highest BCUT2D eigenvalue weighted by molar-refractivity contribution is 6.32. The van der Waals surface area contributed by atoms with Crippen molar-refractivity contribution in [3.05, 3.63) is 40.8 Å². The highest BCUT2D eigenvalue weighted by Gasteiger charge is 2.12. The van der Waals surface area contributed by atoms with Crippen molar-refractivity contribution in [1.82, 2.24) is 19.7 Å². The number of nitrogens with zero attached hydrogens (tertiary/aromatic N) is 4. The van der Waals surface area contributed by atoms with Crippen molar-refractivity contribution in [2.24, 2.45) is 7.05 Å². The van der Waals surface area contributed by atoms with Crippen LogP contribution in [0.3, 0.4) is 0 Å². The predicted molar refractivity (Wildman–Crippen MR) is 91.2 cm³/mol. The van der Waals surface area contributed by atoms with Crippen LogP contribution >= 0.6 is 11.6 Å². The van der Waals surface area contributed by atoms with Gasteiger partial charge in [0, 0.05) is 7.05 Å². The van der Waals surface area contributed by atoms with Crippen LogP contribution in [0.15, 0.2) is 24.5 Å². The largest absolute Gasteiger partial charge is 0.490 e. The lowest BCUT2D eigenvalue weighted by Gasteiger charge is -2.12. The molecule has 0 saturated carbocycles. The quantitative estimate of drug-likeness (QED) is 0.728. The number of halogens is 1. The minimum Gasteiger partial charge on any atom is -0.490 e. The first kappa shape index (κ1) is 15.6. The van der Waals surface area contributed by atoms with Gasteiger partial charge in [0.25, 0.3) is 0 Å². The van der Waals surface area contributed by atoms with Gasteiger partial charge in [-0.2, -0.15) is 5.10 Å². The van der Waals surface area contributed by atoms with Crippen LogP contribution in [0.25, 0.3) is 11.0 Å². The maximum absolute atomic E-state index is 6.15. The molecule has 3 rings (SSSR count). The fraction of sp³-hybridized carbons (Fsp3) is 0.312. The summed E-state index contributed by atoms with van der Waals surface area (Å²) in [6, 6.07) is 5.71. The Morgan fingerprint density at radius 1 is 1.26 bits per heavy atom. The molecular formula is C16H18ClN5O. The molecule has 1 aromatic carbocycles. The van der Waals surface area contributed by atoms with Crippen molar-refractivity contribution in [2.75, 3.05) is 18.5 Å². The lowest BCUT2D eigenvalue weighted by Crippen LogP contribution is -2.13. The molecule has 0 aliphatic carbocycles. The predicted octanol–water partition coefficient (Wildman–Crippen LogP) is 3.12. The Morgan fingerprint density at radius 3 is 2.87 bits per heavy atom. The van der Waals surface area contributed by atoms with Crippen molar-refractivity contribution < 1.29 is 4.74 Å². The minimum atomic E-state index is 0.482. The number of hydrogen-bond acceptors (Lipinski definition) is 5. The second-order valence-electron chi connectivity index (χ2n) is 5.29. The molecule has 2 heterocycles. The third-order valence-corrected chi connectivity index (χ3v) is 3.90. The number of nitrogens with one attached hydrogen (secondary N) is 1. The first-order valence-corrected chi connectivity index (χ1v) is 7.72. The smallest absolute Gasteiger partial charge is 0.163 e. The molecule has 3 aromatic rings. The SMILES string of the molecule is Cc1cccc(Cl)c1OCCNc1ncnc2c1c(C)nn2C. The molecular weight excluding hydrogens is 314 g/mol. The van der Waals surface area contributed by atoms with Gasteiger partial charge in [0.05, 0.1) is 22.6 Å². The van der Waals surface area contributed by atoms with Crippen molar-refractivity contribution in [3.8, 4) is 5.75 Å². The Morgan fingerprint density at radius 2 is 2.09 bits per heavy atom. The summed E-state index contributed by atoms with van der Waals surface area (Å²) in [6.07, 6.45) is 1.53. The van der Waals surface area contributed by atoms with Crippen molar-refractivity contribution in [2.45, 2.75) is 13.8 Å². The van der Waals surface area contributed by atoms with Crippen LogP contribution in [0.4, 0.5) is 5.82 Å². The van der Waals surface area contributed by atoms with Gasteiger partial charge in [-0.15, -0.1) is 0 Å². The molecule has 6 nitrogen and oxygen atoms in total. The van der Waals surface area contributed by atoms with E-state index in [4.69, 9.17) is 16.3 Å². The number of ether oxygens (including phenoxy) is 1. The van der Waals surface area contributed by atoms with E-state index in [0.29, 0.717) is 18.2 Å². The summed E-state index contributed by atoms with van der Waals surface area (Å²) in [7, 11) is 1.87. The molecule has 7 heteroatoms. The highest BCUT2D eigenvalue weighted by atomic mass is 35.5. The molecule has 0 fully saturated rings. The lowest BCUT2D eigenvalue weighted by molar-refractivity contribution is 0.331. The first-order valence-electron chi connectivity index (χ1n) is 7.34. The van der Waals surface area contributed by atoms with Gasteiger partial charge in [0.2, 0.25) is 0 Å². The number of para-hydroxylation sites is 1. The Labute approximate surface area is 139 Å². The summed E-state index contributed by atoms with van der Waals surface area (Å²) in [5, 5.41) is 9.21. The van der Waals surface area contributed by atoms with E-state index in [-0.39, 0.29) is 0 Å². The zero-order valence-corrected chi connectivity index (χ0v) is 14.1. The molecule has 0 unspecified atom stereocenters. The Kier molecular flexibility index (Phi) is 4.34. The van der Waals surface area contributed by atoms with Crippen LogP contribution in [0.1, 0.15) is 11.3 Å². The van der Waals surface area contributed by atoms with Gasteiger partial charge in [0.15, 0.2) is 5.65 Å². The van der Waals surface area contributed by atoms with E-state index >= 15 is 0 Å². The van der Waals surface area contributed by atoms with Crippen LogP contribution in [-0.2, 0) is 7.05 Å². The van der Waals surface area contributed by atoms with Gasteiger partial charge in [-0.25, -0.2) is 9.97 Å². The zero-order chi connectivity index (χ0) is 16.4. The maximum atomic E-state index is 6.15. The normalized spacial score (nSPS) is 11.0. The van der Waals surface area contributed by atoms with Gasteiger partial charge in [-0.1, -0.05) is 23.7 Å². The summed E-state index contributed by atoms with van der Waals surface area (Å²) in [5.74, 6) is 1.49. The van der Waals surface area contributed by atoms with Gasteiger partial charge >= 0.3 is 0 Å². The average Bonchev–Trinajstić information content (AvgIpc) is 2.82. The van der Waals surface area contributed by atoms with E-state index < -0.39 is 0 Å². The second-order valence-corrected chi connectivity index (χ2v) is 5.70. The fourth-order valence-electron chi connectivity index (χ4n) is 2.53. The summed E-state index contributed by atoms with van der Waals surface area (Å²) in [5.41, 5.74) is 2.72. The van der Waals surface area contributed by atoms with E-state index in [1.54, 1.807) is 4.68 Å². The monoisotopic (exact) mass is 331 g/mol. The number of anilines is 1. The molecule has 0 amide bonds. The molecule has 2 aromatic heterocycles. The third kappa shape index (κ3) is 3.07. The van der Waals surface area contributed by atoms with Gasteiger partial charge < -0.3 is 10.1 Å². The van der Waals surface area contributed by atoms with E-state index in [2.05, 4.69) is 20.4 Å². The molecule has 0 bridgehead atoms. The molecule has 0 aliphatic heterocycles. The second kappa shape index (κ2) is 6.42. The summed E-state index contributed by atoms with van der Waals surface area (Å²) < 4.78 is 7.53. The number of rotatable bonds is 5. The van der Waals surface area contributed by atoms with Crippen molar-refractivity contribution in [3.63, 3.8) is 0 Å². The standard InChI is InChI=1S/C16H18ClN5O/c1-10-5-4-6-12(17)14(10)23-8-7-18-15-13-11(2)21-22(3)16(13)20-9-19-15/h4-6,9H,7-8H2,1-3H3,(H,18,19,20). The number of benzene rings is 1. The average molecular weight is 332 g/mol. The van der Waals surface area contributed by atoms with Crippen LogP contribution in [0.5, 0.6) is 5.75 Å². The zero-order valence-electron chi connectivity index (χ0n) is 13.3. The number of aryl methyl sites for hydroxylation is 3. The Hall–Kier alpha value is -2.34. The molecule has 0 radical (unpaired) electrons. The Bertz CT molecular complexity index is 826. The summed E-state index contributed by atoms with van der Waals surface area (Å²) in [6.45, 7) is 5.00. The molecule has 120 valence electrons. The molecule has 1 N–H and O–H groups in total. The molecule has 0 saturated heterocycles. The first-order chi connectivity index (χ1) is 11.1.